The number of nitrogens with one attached hydrogen (secondary N) is 1. The number of likely N-dealkylation sites (N-methyl/N-ethyl adjacent to an activating group) is 1. The van der Waals surface area contributed by atoms with E-state index in [1.807, 2.05) is 6.07 Å². The Bertz CT molecular complexity index is 796. The van der Waals surface area contributed by atoms with Gasteiger partial charge >= 0.3 is 0 Å². The average Bonchev–Trinajstić information content (AvgIpc) is 3.02. The van der Waals surface area contributed by atoms with Crippen LogP contribution < -0.4 is 10.1 Å². The van der Waals surface area contributed by atoms with Gasteiger partial charge in [-0.15, -0.1) is 0 Å². The maximum absolute atomic E-state index is 12.7. The van der Waals surface area contributed by atoms with E-state index in [1.165, 1.54) is 0 Å². The fraction of sp³-hybridized carbons (Fsp3) is 0.550. The highest BCUT2D eigenvalue weighted by Crippen LogP contribution is 2.30. The van der Waals surface area contributed by atoms with Crippen LogP contribution in [0.4, 0.5) is 0 Å². The molecule has 3 aliphatic rings. The van der Waals surface area contributed by atoms with E-state index in [4.69, 9.17) is 9.47 Å². The van der Waals surface area contributed by atoms with Gasteiger partial charge in [0, 0.05) is 25.1 Å². The molecule has 3 heterocycles. The number of morpholine rings is 1. The van der Waals surface area contributed by atoms with Crippen molar-refractivity contribution in [3.05, 3.63) is 29.3 Å². The Morgan fingerprint density at radius 3 is 2.93 bits per heavy atom. The molecule has 3 amide bonds. The molecule has 1 aromatic rings. The largest absolute Gasteiger partial charge is 0.492 e. The number of amides is 3. The van der Waals surface area contributed by atoms with Gasteiger partial charge in [0.2, 0.25) is 11.8 Å². The fourth-order valence-corrected chi connectivity index (χ4v) is 4.09. The van der Waals surface area contributed by atoms with E-state index in [2.05, 4.69) is 17.1 Å². The number of imide groups is 1. The number of carbonyl (C=O) groups is 3. The van der Waals surface area contributed by atoms with Crippen LogP contribution in [0.3, 0.4) is 0 Å². The molecule has 1 aromatic carbocycles. The van der Waals surface area contributed by atoms with E-state index in [-0.39, 0.29) is 24.3 Å². The molecular formula is C20H25N3O5. The third kappa shape index (κ3) is 3.62. The molecule has 150 valence electrons. The molecule has 0 radical (unpaired) electrons. The van der Waals surface area contributed by atoms with Gasteiger partial charge < -0.3 is 14.4 Å². The highest BCUT2D eigenvalue weighted by Gasteiger charge is 2.39. The van der Waals surface area contributed by atoms with Crippen molar-refractivity contribution in [2.45, 2.75) is 38.4 Å². The molecule has 2 saturated heterocycles. The quantitative estimate of drug-likeness (QED) is 0.743. The molecule has 28 heavy (non-hydrogen) atoms. The standard InChI is InChI=1S/C20H25N3O5/c1-2-22-7-8-27-11-14(22)12-28-15-3-4-16-13(9-15)10-23(20(16)26)17-5-6-18(24)21-19(17)25/h3-4,9,14,17H,2,5-8,10-12H2,1H3,(H,21,24,25). The van der Waals surface area contributed by atoms with Gasteiger partial charge in [-0.3, -0.25) is 24.6 Å². The van der Waals surface area contributed by atoms with Gasteiger partial charge in [-0.05, 0) is 36.7 Å². The molecule has 2 atom stereocenters. The summed E-state index contributed by atoms with van der Waals surface area (Å²) in [5.74, 6) is -0.146. The van der Waals surface area contributed by atoms with Crippen molar-refractivity contribution in [1.29, 1.82) is 0 Å². The van der Waals surface area contributed by atoms with Crippen LogP contribution in [0, 0.1) is 0 Å². The van der Waals surface area contributed by atoms with Gasteiger partial charge in [-0.2, -0.15) is 0 Å². The summed E-state index contributed by atoms with van der Waals surface area (Å²) in [7, 11) is 0. The number of hydrogen-bond acceptors (Lipinski definition) is 6. The van der Waals surface area contributed by atoms with E-state index in [0.29, 0.717) is 37.5 Å². The molecule has 4 rings (SSSR count). The second-order valence-electron chi connectivity index (χ2n) is 7.39. The van der Waals surface area contributed by atoms with Crippen molar-refractivity contribution >= 4 is 17.7 Å². The molecule has 0 spiro atoms. The lowest BCUT2D eigenvalue weighted by Crippen LogP contribution is -2.52. The zero-order chi connectivity index (χ0) is 19.7. The van der Waals surface area contributed by atoms with Gasteiger partial charge in [0.1, 0.15) is 18.4 Å². The molecule has 0 bridgehead atoms. The Morgan fingerprint density at radius 2 is 2.14 bits per heavy atom. The number of rotatable bonds is 5. The first-order chi connectivity index (χ1) is 13.6. The minimum atomic E-state index is -0.598. The van der Waals surface area contributed by atoms with Crippen molar-refractivity contribution in [3.8, 4) is 5.75 Å². The lowest BCUT2D eigenvalue weighted by atomic mass is 10.0. The molecule has 8 heteroatoms. The van der Waals surface area contributed by atoms with E-state index >= 15 is 0 Å². The molecule has 8 nitrogen and oxygen atoms in total. The molecule has 3 aliphatic heterocycles. The topological polar surface area (TPSA) is 88.2 Å². The molecular weight excluding hydrogens is 362 g/mol. The Kier molecular flexibility index (Phi) is 5.32. The van der Waals surface area contributed by atoms with Gasteiger partial charge in [-0.25, -0.2) is 0 Å². The smallest absolute Gasteiger partial charge is 0.255 e. The Hall–Kier alpha value is -2.45. The normalized spacial score (nSPS) is 25.6. The van der Waals surface area contributed by atoms with E-state index < -0.39 is 11.9 Å². The van der Waals surface area contributed by atoms with Crippen molar-refractivity contribution in [1.82, 2.24) is 15.1 Å². The number of ether oxygens (including phenoxy) is 2. The number of nitrogens with zero attached hydrogens (tertiary/aromatic N) is 2. The van der Waals surface area contributed by atoms with Gasteiger partial charge in [0.05, 0.1) is 19.3 Å². The fourth-order valence-electron chi connectivity index (χ4n) is 4.09. The van der Waals surface area contributed by atoms with Crippen LogP contribution in [0.1, 0.15) is 35.7 Å². The Labute approximate surface area is 163 Å². The summed E-state index contributed by atoms with van der Waals surface area (Å²) in [5, 5.41) is 2.32. The minimum absolute atomic E-state index is 0.172. The molecule has 0 aliphatic carbocycles. The maximum atomic E-state index is 12.7. The predicted molar refractivity (Wildman–Crippen MR) is 99.8 cm³/mol. The molecule has 2 fully saturated rings. The van der Waals surface area contributed by atoms with Crippen molar-refractivity contribution in [2.75, 3.05) is 32.9 Å². The first kappa shape index (κ1) is 18.9. The molecule has 1 N–H and O–H groups in total. The van der Waals surface area contributed by atoms with E-state index in [9.17, 15) is 14.4 Å². The van der Waals surface area contributed by atoms with Crippen LogP contribution in [0.25, 0.3) is 0 Å². The van der Waals surface area contributed by atoms with Gasteiger partial charge in [0.15, 0.2) is 0 Å². The Balaban J connectivity index is 1.42. The SMILES string of the molecule is CCN1CCOCC1COc1ccc2c(c1)CN(C1CCC(=O)NC1=O)C2=O. The van der Waals surface area contributed by atoms with Crippen LogP contribution in [0.5, 0.6) is 5.75 Å². The zero-order valence-corrected chi connectivity index (χ0v) is 16.0. The van der Waals surface area contributed by atoms with Gasteiger partial charge in [-0.1, -0.05) is 6.92 Å². The summed E-state index contributed by atoms with van der Waals surface area (Å²) in [6.45, 7) is 6.27. The monoisotopic (exact) mass is 387 g/mol. The summed E-state index contributed by atoms with van der Waals surface area (Å²) in [6, 6.07) is 5.05. The summed E-state index contributed by atoms with van der Waals surface area (Å²) < 4.78 is 11.5. The average molecular weight is 387 g/mol. The van der Waals surface area contributed by atoms with Crippen LogP contribution in [0.15, 0.2) is 18.2 Å². The number of fused-ring (bicyclic) bond motifs is 1. The van der Waals surface area contributed by atoms with Crippen molar-refractivity contribution < 1.29 is 23.9 Å². The highest BCUT2D eigenvalue weighted by molar-refractivity contribution is 6.05. The lowest BCUT2D eigenvalue weighted by molar-refractivity contribution is -0.136. The summed E-state index contributed by atoms with van der Waals surface area (Å²) >= 11 is 0. The number of carbonyl (C=O) groups excluding carboxylic acids is 3. The van der Waals surface area contributed by atoms with E-state index in [0.717, 1.165) is 25.3 Å². The molecule has 0 aromatic heterocycles. The van der Waals surface area contributed by atoms with Crippen LogP contribution in [0.2, 0.25) is 0 Å². The van der Waals surface area contributed by atoms with Gasteiger partial charge in [0.25, 0.3) is 5.91 Å². The predicted octanol–water partition coefficient (Wildman–Crippen LogP) is 0.547. The van der Waals surface area contributed by atoms with Crippen LogP contribution in [-0.4, -0.2) is 72.5 Å². The van der Waals surface area contributed by atoms with Crippen LogP contribution >= 0.6 is 0 Å². The summed E-state index contributed by atoms with van der Waals surface area (Å²) in [4.78, 5) is 40.1. The third-order valence-corrected chi connectivity index (χ3v) is 5.69. The van der Waals surface area contributed by atoms with E-state index in [1.54, 1.807) is 17.0 Å². The highest BCUT2D eigenvalue weighted by atomic mass is 16.5. The van der Waals surface area contributed by atoms with Crippen LogP contribution in [-0.2, 0) is 20.9 Å². The Morgan fingerprint density at radius 1 is 1.29 bits per heavy atom. The van der Waals surface area contributed by atoms with Crippen molar-refractivity contribution in [2.24, 2.45) is 0 Å². The molecule has 0 saturated carbocycles. The third-order valence-electron chi connectivity index (χ3n) is 5.69. The van der Waals surface area contributed by atoms with Crippen molar-refractivity contribution in [3.63, 3.8) is 0 Å². The second-order valence-corrected chi connectivity index (χ2v) is 7.39. The first-order valence-electron chi connectivity index (χ1n) is 9.79. The first-order valence-corrected chi connectivity index (χ1v) is 9.79. The minimum Gasteiger partial charge on any atom is -0.492 e. The second kappa shape index (κ2) is 7.89. The maximum Gasteiger partial charge on any atom is 0.255 e. The number of hydrogen-bond donors (Lipinski definition) is 1. The zero-order valence-electron chi connectivity index (χ0n) is 16.0. The number of piperidine rings is 1. The lowest BCUT2D eigenvalue weighted by Gasteiger charge is -2.34. The number of benzene rings is 1. The summed E-state index contributed by atoms with van der Waals surface area (Å²) in [6.07, 6.45) is 0.616. The molecule has 2 unspecified atom stereocenters. The summed E-state index contributed by atoms with van der Waals surface area (Å²) in [5.41, 5.74) is 1.44.